The van der Waals surface area contributed by atoms with Crippen molar-refractivity contribution >= 4 is 27.5 Å². The van der Waals surface area contributed by atoms with Crippen molar-refractivity contribution in [2.45, 2.75) is 44.8 Å². The summed E-state index contributed by atoms with van der Waals surface area (Å²) in [5.41, 5.74) is -0.356. The molecule has 3 aromatic heterocycles. The number of carbonyl (C=O) groups is 1. The van der Waals surface area contributed by atoms with Gasteiger partial charge in [-0.05, 0) is 36.4 Å². The molecule has 0 bridgehead atoms. The van der Waals surface area contributed by atoms with Gasteiger partial charge < -0.3 is 9.73 Å². The molecule has 0 radical (unpaired) electrons. The highest BCUT2D eigenvalue weighted by Crippen LogP contribution is 2.18. The van der Waals surface area contributed by atoms with E-state index >= 15 is 0 Å². The van der Waals surface area contributed by atoms with Crippen LogP contribution in [0.3, 0.4) is 0 Å². The zero-order valence-corrected chi connectivity index (χ0v) is 15.0. The van der Waals surface area contributed by atoms with Crippen LogP contribution in [0.15, 0.2) is 43.8 Å². The zero-order valence-electron chi connectivity index (χ0n) is 14.1. The number of rotatable bonds is 5. The Kier molecular flexibility index (Phi) is 4.50. The predicted octanol–water partition coefficient (Wildman–Crippen LogP) is 1.92. The third-order valence-corrected chi connectivity index (χ3v) is 5.64. The molecule has 1 amide bonds. The van der Waals surface area contributed by atoms with Crippen molar-refractivity contribution in [3.8, 4) is 0 Å². The van der Waals surface area contributed by atoms with E-state index in [2.05, 4.69) is 5.32 Å². The Morgan fingerprint density at radius 3 is 2.77 bits per heavy atom. The van der Waals surface area contributed by atoms with Gasteiger partial charge in [-0.1, -0.05) is 12.8 Å². The predicted molar refractivity (Wildman–Crippen MR) is 98.6 cm³/mol. The van der Waals surface area contributed by atoms with Crippen LogP contribution in [-0.2, 0) is 17.9 Å². The van der Waals surface area contributed by atoms with Crippen LogP contribution >= 0.6 is 11.3 Å². The molecule has 1 saturated carbocycles. The topological polar surface area (TPSA) is 86.2 Å². The molecule has 1 aliphatic carbocycles. The van der Waals surface area contributed by atoms with Crippen LogP contribution in [0, 0.1) is 0 Å². The number of amides is 1. The summed E-state index contributed by atoms with van der Waals surface area (Å²) in [4.78, 5) is 38.0. The molecule has 1 fully saturated rings. The van der Waals surface area contributed by atoms with Gasteiger partial charge in [0, 0.05) is 6.04 Å². The minimum Gasteiger partial charge on any atom is -0.467 e. The van der Waals surface area contributed by atoms with Crippen molar-refractivity contribution in [3.63, 3.8) is 0 Å². The lowest BCUT2D eigenvalue weighted by atomic mass is 10.2. The Morgan fingerprint density at radius 2 is 2.04 bits per heavy atom. The summed E-state index contributed by atoms with van der Waals surface area (Å²) in [6, 6.07) is 5.31. The van der Waals surface area contributed by atoms with Crippen LogP contribution in [-0.4, -0.2) is 21.1 Å². The molecule has 7 nitrogen and oxygen atoms in total. The standard InChI is InChI=1S/C18H19N3O4S/c22-15(19-12-4-1-2-5-12)11-20-14-7-9-26-16(14)17(23)21(18(20)24)10-13-6-3-8-25-13/h3,6-9,12H,1-2,4-5,10-11H2,(H,19,22). The minimum atomic E-state index is -0.501. The summed E-state index contributed by atoms with van der Waals surface area (Å²) in [6.45, 7) is -0.0518. The summed E-state index contributed by atoms with van der Waals surface area (Å²) >= 11 is 1.27. The quantitative estimate of drug-likeness (QED) is 0.740. The van der Waals surface area contributed by atoms with Crippen LogP contribution in [0.4, 0.5) is 0 Å². The lowest BCUT2D eigenvalue weighted by molar-refractivity contribution is -0.122. The van der Waals surface area contributed by atoms with Gasteiger partial charge in [-0.15, -0.1) is 11.3 Å². The second-order valence-electron chi connectivity index (χ2n) is 6.52. The second-order valence-corrected chi connectivity index (χ2v) is 7.44. The first-order valence-electron chi connectivity index (χ1n) is 8.66. The van der Waals surface area contributed by atoms with Crippen LogP contribution in [0.1, 0.15) is 31.4 Å². The fraction of sp³-hybridized carbons (Fsp3) is 0.389. The average Bonchev–Trinajstić information content (AvgIpc) is 3.37. The largest absolute Gasteiger partial charge is 0.467 e. The average molecular weight is 373 g/mol. The van der Waals surface area contributed by atoms with Gasteiger partial charge in [0.2, 0.25) is 5.91 Å². The first-order valence-corrected chi connectivity index (χ1v) is 9.54. The molecule has 3 aromatic rings. The highest BCUT2D eigenvalue weighted by molar-refractivity contribution is 7.17. The third kappa shape index (κ3) is 3.12. The maximum absolute atomic E-state index is 12.9. The molecule has 0 saturated heterocycles. The van der Waals surface area contributed by atoms with Gasteiger partial charge in [0.25, 0.3) is 5.56 Å². The Labute approximate surface area is 152 Å². The number of hydrogen-bond donors (Lipinski definition) is 1. The number of aromatic nitrogens is 2. The van der Waals surface area contributed by atoms with Gasteiger partial charge in [0.1, 0.15) is 17.0 Å². The monoisotopic (exact) mass is 373 g/mol. The molecule has 1 aliphatic rings. The third-order valence-electron chi connectivity index (χ3n) is 4.75. The molecule has 0 aliphatic heterocycles. The van der Waals surface area contributed by atoms with Crippen LogP contribution < -0.4 is 16.6 Å². The van der Waals surface area contributed by atoms with Crippen molar-refractivity contribution < 1.29 is 9.21 Å². The molecular formula is C18H19N3O4S. The number of fused-ring (bicyclic) bond motifs is 1. The fourth-order valence-corrected chi connectivity index (χ4v) is 4.31. The molecule has 0 aromatic carbocycles. The Balaban J connectivity index is 1.71. The Morgan fingerprint density at radius 1 is 1.23 bits per heavy atom. The first kappa shape index (κ1) is 16.8. The summed E-state index contributed by atoms with van der Waals surface area (Å²) < 4.78 is 8.23. The van der Waals surface area contributed by atoms with Crippen molar-refractivity contribution in [2.24, 2.45) is 0 Å². The number of furan rings is 1. The zero-order chi connectivity index (χ0) is 18.1. The van der Waals surface area contributed by atoms with Crippen molar-refractivity contribution in [1.29, 1.82) is 0 Å². The SMILES string of the molecule is O=C(Cn1c(=O)n(Cc2ccco2)c(=O)c2sccc21)NC1CCCC1. The number of hydrogen-bond acceptors (Lipinski definition) is 5. The minimum absolute atomic E-state index is 0.0444. The number of nitrogens with zero attached hydrogens (tertiary/aromatic N) is 2. The number of nitrogens with one attached hydrogen (secondary N) is 1. The number of carbonyl (C=O) groups excluding carboxylic acids is 1. The maximum Gasteiger partial charge on any atom is 0.332 e. The van der Waals surface area contributed by atoms with Gasteiger partial charge in [-0.25, -0.2) is 4.79 Å². The fourth-order valence-electron chi connectivity index (χ4n) is 3.47. The molecular weight excluding hydrogens is 354 g/mol. The summed E-state index contributed by atoms with van der Waals surface area (Å²) in [7, 11) is 0. The Hall–Kier alpha value is -2.61. The molecule has 26 heavy (non-hydrogen) atoms. The van der Waals surface area contributed by atoms with E-state index in [0.717, 1.165) is 30.3 Å². The Bertz CT molecular complexity index is 1040. The van der Waals surface area contributed by atoms with Crippen LogP contribution in [0.5, 0.6) is 0 Å². The molecule has 136 valence electrons. The summed E-state index contributed by atoms with van der Waals surface area (Å²) in [5.74, 6) is 0.316. The van der Waals surface area contributed by atoms with Gasteiger partial charge in [-0.2, -0.15) is 0 Å². The van der Waals surface area contributed by atoms with Crippen molar-refractivity contribution in [2.75, 3.05) is 0 Å². The highest BCUT2D eigenvalue weighted by atomic mass is 32.1. The number of thiophene rings is 1. The normalized spacial score (nSPS) is 14.9. The van der Waals surface area contributed by atoms with Crippen molar-refractivity contribution in [3.05, 3.63) is 56.4 Å². The summed E-state index contributed by atoms with van der Waals surface area (Å²) in [6.07, 6.45) is 5.69. The van der Waals surface area contributed by atoms with E-state index in [1.54, 1.807) is 23.6 Å². The van der Waals surface area contributed by atoms with E-state index in [0.29, 0.717) is 16.0 Å². The molecule has 8 heteroatoms. The van der Waals surface area contributed by atoms with E-state index < -0.39 is 5.69 Å². The van der Waals surface area contributed by atoms with E-state index in [1.807, 2.05) is 0 Å². The highest BCUT2D eigenvalue weighted by Gasteiger charge is 2.20. The van der Waals surface area contributed by atoms with E-state index in [1.165, 1.54) is 22.2 Å². The van der Waals surface area contributed by atoms with E-state index in [4.69, 9.17) is 4.42 Å². The maximum atomic E-state index is 12.9. The molecule has 4 rings (SSSR count). The molecule has 0 atom stereocenters. The van der Waals surface area contributed by atoms with Crippen molar-refractivity contribution in [1.82, 2.24) is 14.5 Å². The molecule has 3 heterocycles. The van der Waals surface area contributed by atoms with Gasteiger partial charge in [-0.3, -0.25) is 18.7 Å². The van der Waals surface area contributed by atoms with E-state index in [9.17, 15) is 14.4 Å². The van der Waals surface area contributed by atoms with Crippen LogP contribution in [0.25, 0.3) is 10.2 Å². The van der Waals surface area contributed by atoms with Gasteiger partial charge in [0.15, 0.2) is 0 Å². The smallest absolute Gasteiger partial charge is 0.332 e. The molecule has 1 N–H and O–H groups in total. The molecule has 0 spiro atoms. The van der Waals surface area contributed by atoms with Gasteiger partial charge >= 0.3 is 5.69 Å². The molecule has 0 unspecified atom stereocenters. The first-order chi connectivity index (χ1) is 12.6. The van der Waals surface area contributed by atoms with Crippen LogP contribution in [0.2, 0.25) is 0 Å². The second kappa shape index (κ2) is 6.95. The van der Waals surface area contributed by atoms with E-state index in [-0.39, 0.29) is 30.6 Å². The van der Waals surface area contributed by atoms with Gasteiger partial charge in [0.05, 0.1) is 18.3 Å². The lowest BCUT2D eigenvalue weighted by Gasteiger charge is -2.14. The lowest BCUT2D eigenvalue weighted by Crippen LogP contribution is -2.43. The summed E-state index contributed by atoms with van der Waals surface area (Å²) in [5, 5.41) is 4.75.